The van der Waals surface area contributed by atoms with Crippen molar-refractivity contribution < 1.29 is 14.3 Å². The number of carbonyl (C=O) groups excluding carboxylic acids is 2. The van der Waals surface area contributed by atoms with Crippen molar-refractivity contribution in [3.8, 4) is 5.75 Å². The second-order valence-corrected chi connectivity index (χ2v) is 7.92. The Labute approximate surface area is 182 Å². The van der Waals surface area contributed by atoms with Crippen LogP contribution in [0.3, 0.4) is 0 Å². The van der Waals surface area contributed by atoms with E-state index in [1.165, 1.54) is 0 Å². The van der Waals surface area contributed by atoms with Crippen LogP contribution in [0, 0.1) is 6.92 Å². The summed E-state index contributed by atoms with van der Waals surface area (Å²) in [6.07, 6.45) is 5.85. The van der Waals surface area contributed by atoms with Crippen LogP contribution in [0.15, 0.2) is 54.9 Å². The van der Waals surface area contributed by atoms with Gasteiger partial charge in [0.25, 0.3) is 5.91 Å². The first-order valence-corrected chi connectivity index (χ1v) is 10.8. The van der Waals surface area contributed by atoms with Crippen LogP contribution in [-0.2, 0) is 9.59 Å². The average Bonchev–Trinajstić information content (AvgIpc) is 3.19. The summed E-state index contributed by atoms with van der Waals surface area (Å²) in [5.41, 5.74) is 2.57. The number of fused-ring (bicyclic) bond motifs is 1. The van der Waals surface area contributed by atoms with Crippen LogP contribution in [0.25, 0.3) is 10.8 Å². The van der Waals surface area contributed by atoms with Gasteiger partial charge in [-0.15, -0.1) is 0 Å². The standard InChI is InChI=1S/C25H27N3O3/c1-3-5-23(31-21-9-7-18-11-12-26-16-19(18)15-21)25(30)27-20-8-10-22(17(2)14-20)28-13-4-6-24(28)29/h7-12,14-16,23H,3-6,13H2,1-2H3,(H,27,30). The summed E-state index contributed by atoms with van der Waals surface area (Å²) >= 11 is 0. The van der Waals surface area contributed by atoms with Crippen molar-refractivity contribution in [1.82, 2.24) is 4.98 Å². The third kappa shape index (κ3) is 4.68. The second kappa shape index (κ2) is 9.16. The van der Waals surface area contributed by atoms with Crippen molar-refractivity contribution in [1.29, 1.82) is 0 Å². The molecule has 1 unspecified atom stereocenters. The van der Waals surface area contributed by atoms with E-state index in [0.29, 0.717) is 24.3 Å². The van der Waals surface area contributed by atoms with Crippen molar-refractivity contribution >= 4 is 34.0 Å². The quantitative estimate of drug-likeness (QED) is 0.596. The van der Waals surface area contributed by atoms with Crippen molar-refractivity contribution in [2.75, 3.05) is 16.8 Å². The zero-order valence-corrected chi connectivity index (χ0v) is 17.9. The molecule has 0 radical (unpaired) electrons. The average molecular weight is 418 g/mol. The molecule has 2 aromatic carbocycles. The molecule has 1 atom stereocenters. The zero-order chi connectivity index (χ0) is 21.8. The van der Waals surface area contributed by atoms with Crippen LogP contribution < -0.4 is 15.0 Å². The van der Waals surface area contributed by atoms with Gasteiger partial charge in [0, 0.05) is 42.1 Å². The van der Waals surface area contributed by atoms with Crippen LogP contribution in [0.5, 0.6) is 5.75 Å². The van der Waals surface area contributed by atoms with Gasteiger partial charge in [-0.3, -0.25) is 14.6 Å². The van der Waals surface area contributed by atoms with Gasteiger partial charge in [-0.25, -0.2) is 0 Å². The molecule has 3 aromatic rings. The zero-order valence-electron chi connectivity index (χ0n) is 17.9. The van der Waals surface area contributed by atoms with Crippen molar-refractivity contribution in [2.45, 2.75) is 45.6 Å². The van der Waals surface area contributed by atoms with Gasteiger partial charge in [0.2, 0.25) is 5.91 Å². The Balaban J connectivity index is 1.47. The molecule has 1 aliphatic rings. The maximum atomic E-state index is 13.0. The van der Waals surface area contributed by atoms with Gasteiger partial charge in [-0.2, -0.15) is 0 Å². The predicted octanol–water partition coefficient (Wildman–Crippen LogP) is 4.86. The largest absolute Gasteiger partial charge is 0.481 e. The Morgan fingerprint density at radius 2 is 2.06 bits per heavy atom. The fourth-order valence-electron chi connectivity index (χ4n) is 3.97. The van der Waals surface area contributed by atoms with E-state index >= 15 is 0 Å². The minimum absolute atomic E-state index is 0.155. The molecule has 0 aliphatic carbocycles. The molecule has 31 heavy (non-hydrogen) atoms. The summed E-state index contributed by atoms with van der Waals surface area (Å²) in [6, 6.07) is 13.3. The molecular weight excluding hydrogens is 390 g/mol. The lowest BCUT2D eigenvalue weighted by atomic mass is 10.1. The molecule has 0 saturated carbocycles. The third-order valence-electron chi connectivity index (χ3n) is 5.56. The second-order valence-electron chi connectivity index (χ2n) is 7.92. The van der Waals surface area contributed by atoms with E-state index in [-0.39, 0.29) is 11.8 Å². The topological polar surface area (TPSA) is 71.5 Å². The number of aromatic nitrogens is 1. The summed E-state index contributed by atoms with van der Waals surface area (Å²) in [4.78, 5) is 31.0. The number of carbonyl (C=O) groups is 2. The summed E-state index contributed by atoms with van der Waals surface area (Å²) in [5.74, 6) is 0.618. The van der Waals surface area contributed by atoms with Gasteiger partial charge in [-0.05, 0) is 67.1 Å². The number of amides is 2. The maximum Gasteiger partial charge on any atom is 0.265 e. The third-order valence-corrected chi connectivity index (χ3v) is 5.56. The van der Waals surface area contributed by atoms with Crippen molar-refractivity contribution in [3.05, 3.63) is 60.4 Å². The van der Waals surface area contributed by atoms with Crippen LogP contribution in [-0.4, -0.2) is 29.4 Å². The number of anilines is 2. The number of ether oxygens (including phenoxy) is 1. The first kappa shape index (κ1) is 20.8. The normalized spacial score (nSPS) is 14.6. The predicted molar refractivity (Wildman–Crippen MR) is 122 cm³/mol. The number of benzene rings is 2. The highest BCUT2D eigenvalue weighted by atomic mass is 16.5. The van der Waals surface area contributed by atoms with Crippen molar-refractivity contribution in [3.63, 3.8) is 0 Å². The fourth-order valence-corrected chi connectivity index (χ4v) is 3.97. The van der Waals surface area contributed by atoms with Gasteiger partial charge < -0.3 is 15.0 Å². The number of pyridine rings is 1. The molecular formula is C25H27N3O3. The Hall–Kier alpha value is -3.41. The molecule has 1 saturated heterocycles. The number of rotatable bonds is 7. The lowest BCUT2D eigenvalue weighted by molar-refractivity contribution is -0.123. The summed E-state index contributed by atoms with van der Waals surface area (Å²) in [5, 5.41) is 5.02. The van der Waals surface area contributed by atoms with Crippen LogP contribution >= 0.6 is 0 Å². The molecule has 160 valence electrons. The van der Waals surface area contributed by atoms with E-state index in [2.05, 4.69) is 10.3 Å². The number of hydrogen-bond donors (Lipinski definition) is 1. The van der Waals surface area contributed by atoms with Crippen LogP contribution in [0.4, 0.5) is 11.4 Å². The van der Waals surface area contributed by atoms with Gasteiger partial charge in [-0.1, -0.05) is 19.4 Å². The molecule has 0 bridgehead atoms. The minimum atomic E-state index is -0.598. The molecule has 2 heterocycles. The molecule has 1 aliphatic heterocycles. The number of nitrogens with zero attached hydrogens (tertiary/aromatic N) is 2. The molecule has 1 fully saturated rings. The lowest BCUT2D eigenvalue weighted by Crippen LogP contribution is -2.33. The highest BCUT2D eigenvalue weighted by molar-refractivity contribution is 5.97. The van der Waals surface area contributed by atoms with Crippen molar-refractivity contribution in [2.24, 2.45) is 0 Å². The Kier molecular flexibility index (Phi) is 6.16. The van der Waals surface area contributed by atoms with Gasteiger partial charge >= 0.3 is 0 Å². The van der Waals surface area contributed by atoms with Gasteiger partial charge in [0.15, 0.2) is 6.10 Å². The maximum absolute atomic E-state index is 13.0. The SMILES string of the molecule is CCCC(Oc1ccc2ccncc2c1)C(=O)Nc1ccc(N2CCCC2=O)c(C)c1. The van der Waals surface area contributed by atoms with E-state index in [4.69, 9.17) is 4.74 Å². The van der Waals surface area contributed by atoms with Crippen LogP contribution in [0.1, 0.15) is 38.2 Å². The molecule has 0 spiro atoms. The molecule has 1 N–H and O–H groups in total. The van der Waals surface area contributed by atoms with E-state index in [1.54, 1.807) is 12.4 Å². The van der Waals surface area contributed by atoms with E-state index in [0.717, 1.165) is 41.4 Å². The first-order valence-electron chi connectivity index (χ1n) is 10.8. The van der Waals surface area contributed by atoms with Gasteiger partial charge in [0.1, 0.15) is 5.75 Å². The first-order chi connectivity index (χ1) is 15.0. The molecule has 4 rings (SSSR count). The molecule has 6 heteroatoms. The molecule has 2 amide bonds. The monoisotopic (exact) mass is 417 g/mol. The highest BCUT2D eigenvalue weighted by Crippen LogP contribution is 2.28. The summed E-state index contributed by atoms with van der Waals surface area (Å²) in [7, 11) is 0. The molecule has 6 nitrogen and oxygen atoms in total. The Morgan fingerprint density at radius 1 is 1.19 bits per heavy atom. The number of nitrogens with one attached hydrogen (secondary N) is 1. The Morgan fingerprint density at radius 3 is 2.81 bits per heavy atom. The van der Waals surface area contributed by atoms with Gasteiger partial charge in [0.05, 0.1) is 0 Å². The van der Waals surface area contributed by atoms with E-state index in [1.807, 2.05) is 61.2 Å². The fraction of sp³-hybridized carbons (Fsp3) is 0.320. The lowest BCUT2D eigenvalue weighted by Gasteiger charge is -2.21. The summed E-state index contributed by atoms with van der Waals surface area (Å²) < 4.78 is 6.05. The van der Waals surface area contributed by atoms with E-state index < -0.39 is 6.10 Å². The minimum Gasteiger partial charge on any atom is -0.481 e. The summed E-state index contributed by atoms with van der Waals surface area (Å²) in [6.45, 7) is 4.73. The number of aryl methyl sites for hydroxylation is 1. The van der Waals surface area contributed by atoms with E-state index in [9.17, 15) is 9.59 Å². The Bertz CT molecular complexity index is 1110. The van der Waals surface area contributed by atoms with Crippen LogP contribution in [0.2, 0.25) is 0 Å². The highest BCUT2D eigenvalue weighted by Gasteiger charge is 2.24. The molecule has 1 aromatic heterocycles. The number of hydrogen-bond acceptors (Lipinski definition) is 4. The smallest absolute Gasteiger partial charge is 0.265 e.